The molecule has 0 N–H and O–H groups in total. The van der Waals surface area contributed by atoms with Crippen LogP contribution in [0.15, 0.2) is 82.6 Å². The molecule has 0 saturated carbocycles. The zero-order valence-corrected chi connectivity index (χ0v) is 12.9. The molecule has 5 rings (SSSR count). The van der Waals surface area contributed by atoms with Crippen LogP contribution in [0.1, 0.15) is 11.1 Å². The van der Waals surface area contributed by atoms with E-state index in [0.717, 1.165) is 6.42 Å². The molecule has 0 spiro atoms. The molecule has 0 fully saturated rings. The van der Waals surface area contributed by atoms with Crippen LogP contribution in [-0.2, 0) is 6.42 Å². The molecule has 1 aliphatic heterocycles. The van der Waals surface area contributed by atoms with Crippen LogP contribution in [0, 0.1) is 0 Å². The Labute approximate surface area is 133 Å². The van der Waals surface area contributed by atoms with Crippen molar-refractivity contribution in [2.24, 2.45) is 0 Å². The summed E-state index contributed by atoms with van der Waals surface area (Å²) >= 11 is 1.91. The predicted molar refractivity (Wildman–Crippen MR) is 94.8 cm³/mol. The maximum absolute atomic E-state index is 2.36. The molecule has 0 radical (unpaired) electrons. The molecule has 22 heavy (non-hydrogen) atoms. The number of hydrogen-bond donors (Lipinski definition) is 0. The number of hydrogen-bond acceptors (Lipinski definition) is 1. The fourth-order valence-electron chi connectivity index (χ4n) is 3.40. The van der Waals surface area contributed by atoms with E-state index in [9.17, 15) is 0 Å². The third-order valence-corrected chi connectivity index (χ3v) is 5.72. The Morgan fingerprint density at radius 1 is 0.636 bits per heavy atom. The van der Waals surface area contributed by atoms with Gasteiger partial charge in [-0.05, 0) is 50.9 Å². The summed E-state index contributed by atoms with van der Waals surface area (Å²) in [6.45, 7) is 0. The van der Waals surface area contributed by atoms with E-state index in [1.54, 1.807) is 0 Å². The molecular formula is C21H14S. The minimum Gasteiger partial charge on any atom is -0.0895 e. The maximum Gasteiger partial charge on any atom is 0.0164 e. The van der Waals surface area contributed by atoms with Gasteiger partial charge in [-0.25, -0.2) is 0 Å². The van der Waals surface area contributed by atoms with Crippen molar-refractivity contribution in [1.29, 1.82) is 0 Å². The molecule has 0 aliphatic carbocycles. The highest BCUT2D eigenvalue weighted by Gasteiger charge is 2.18. The van der Waals surface area contributed by atoms with E-state index in [1.165, 1.54) is 42.5 Å². The predicted octanol–water partition coefficient (Wildman–Crippen LogP) is 6.05. The molecular weight excluding hydrogens is 284 g/mol. The van der Waals surface area contributed by atoms with E-state index in [2.05, 4.69) is 72.8 Å². The fraction of sp³-hybridized carbons (Fsp3) is 0.0476. The van der Waals surface area contributed by atoms with Crippen LogP contribution in [0.4, 0.5) is 0 Å². The smallest absolute Gasteiger partial charge is 0.0164 e. The van der Waals surface area contributed by atoms with E-state index in [-0.39, 0.29) is 0 Å². The van der Waals surface area contributed by atoms with Gasteiger partial charge in [-0.1, -0.05) is 66.4 Å². The molecule has 0 atom stereocenters. The third-order valence-electron chi connectivity index (χ3n) is 4.51. The van der Waals surface area contributed by atoms with Crippen molar-refractivity contribution in [2.75, 3.05) is 0 Å². The van der Waals surface area contributed by atoms with Crippen molar-refractivity contribution in [3.8, 4) is 0 Å². The van der Waals surface area contributed by atoms with E-state index >= 15 is 0 Å². The first-order chi connectivity index (χ1) is 10.9. The van der Waals surface area contributed by atoms with E-state index < -0.39 is 0 Å². The van der Waals surface area contributed by atoms with Crippen LogP contribution in [0.5, 0.6) is 0 Å². The first kappa shape index (κ1) is 12.3. The lowest BCUT2D eigenvalue weighted by Gasteiger charge is -2.21. The van der Waals surface area contributed by atoms with Gasteiger partial charge < -0.3 is 0 Å². The summed E-state index contributed by atoms with van der Waals surface area (Å²) in [5, 5.41) is 5.40. The molecule has 4 aromatic carbocycles. The normalized spacial score (nSPS) is 13.1. The van der Waals surface area contributed by atoms with Gasteiger partial charge in [-0.2, -0.15) is 0 Å². The fourth-order valence-corrected chi connectivity index (χ4v) is 4.53. The Bertz CT molecular complexity index is 1020. The lowest BCUT2D eigenvalue weighted by atomic mass is 9.96. The second kappa shape index (κ2) is 4.62. The van der Waals surface area contributed by atoms with Crippen molar-refractivity contribution in [3.05, 3.63) is 83.9 Å². The van der Waals surface area contributed by atoms with E-state index in [4.69, 9.17) is 0 Å². The SMILES string of the molecule is c1ccc2cc3c(cc2c1)Cc1c(ccc2ccccc12)S3. The Morgan fingerprint density at radius 3 is 2.23 bits per heavy atom. The summed E-state index contributed by atoms with van der Waals surface area (Å²) in [5.74, 6) is 0. The quantitative estimate of drug-likeness (QED) is 0.335. The first-order valence-corrected chi connectivity index (χ1v) is 8.40. The molecule has 4 aromatic rings. The highest BCUT2D eigenvalue weighted by Crippen LogP contribution is 2.43. The van der Waals surface area contributed by atoms with Gasteiger partial charge in [0, 0.05) is 16.2 Å². The molecule has 0 bridgehead atoms. The zero-order chi connectivity index (χ0) is 14.5. The molecule has 0 saturated heterocycles. The molecule has 1 aliphatic rings. The maximum atomic E-state index is 2.36. The Balaban J connectivity index is 1.75. The highest BCUT2D eigenvalue weighted by molar-refractivity contribution is 7.99. The van der Waals surface area contributed by atoms with Gasteiger partial charge in [0.1, 0.15) is 0 Å². The summed E-state index contributed by atoms with van der Waals surface area (Å²) in [6.07, 6.45) is 1.03. The van der Waals surface area contributed by atoms with Crippen LogP contribution in [0.2, 0.25) is 0 Å². The van der Waals surface area contributed by atoms with Crippen LogP contribution < -0.4 is 0 Å². The van der Waals surface area contributed by atoms with Gasteiger partial charge in [0.05, 0.1) is 0 Å². The summed E-state index contributed by atoms with van der Waals surface area (Å²) in [6, 6.07) is 26.6. The Hall–Kier alpha value is -2.25. The summed E-state index contributed by atoms with van der Waals surface area (Å²) in [7, 11) is 0. The molecule has 1 heteroatoms. The van der Waals surface area contributed by atoms with Crippen LogP contribution in [0.25, 0.3) is 21.5 Å². The van der Waals surface area contributed by atoms with Gasteiger partial charge in [0.15, 0.2) is 0 Å². The van der Waals surface area contributed by atoms with Crippen molar-refractivity contribution in [3.63, 3.8) is 0 Å². The topological polar surface area (TPSA) is 0 Å². The van der Waals surface area contributed by atoms with Crippen molar-refractivity contribution in [2.45, 2.75) is 16.2 Å². The number of benzene rings is 4. The van der Waals surface area contributed by atoms with Crippen molar-refractivity contribution in [1.82, 2.24) is 0 Å². The van der Waals surface area contributed by atoms with Crippen LogP contribution in [-0.4, -0.2) is 0 Å². The molecule has 0 unspecified atom stereocenters. The summed E-state index contributed by atoms with van der Waals surface area (Å²) in [5.41, 5.74) is 2.93. The van der Waals surface area contributed by atoms with Gasteiger partial charge >= 0.3 is 0 Å². The summed E-state index contributed by atoms with van der Waals surface area (Å²) < 4.78 is 0. The van der Waals surface area contributed by atoms with Gasteiger partial charge in [-0.3, -0.25) is 0 Å². The Kier molecular flexibility index (Phi) is 2.59. The average Bonchev–Trinajstić information content (AvgIpc) is 2.58. The molecule has 0 amide bonds. The van der Waals surface area contributed by atoms with E-state index in [1.807, 2.05) is 11.8 Å². The first-order valence-electron chi connectivity index (χ1n) is 7.59. The summed E-state index contributed by atoms with van der Waals surface area (Å²) in [4.78, 5) is 2.81. The minimum atomic E-state index is 1.03. The molecule has 0 nitrogen and oxygen atoms in total. The van der Waals surface area contributed by atoms with Crippen molar-refractivity contribution < 1.29 is 0 Å². The lowest BCUT2D eigenvalue weighted by molar-refractivity contribution is 1.08. The monoisotopic (exact) mass is 298 g/mol. The third kappa shape index (κ3) is 1.79. The molecule has 104 valence electrons. The Morgan fingerprint density at radius 2 is 1.36 bits per heavy atom. The van der Waals surface area contributed by atoms with Crippen LogP contribution >= 0.6 is 11.8 Å². The molecule has 0 aromatic heterocycles. The van der Waals surface area contributed by atoms with Crippen molar-refractivity contribution >= 4 is 33.3 Å². The lowest BCUT2D eigenvalue weighted by Crippen LogP contribution is -2.00. The van der Waals surface area contributed by atoms with Gasteiger partial charge in [0.2, 0.25) is 0 Å². The second-order valence-corrected chi connectivity index (χ2v) is 6.93. The minimum absolute atomic E-state index is 1.03. The largest absolute Gasteiger partial charge is 0.0895 e. The average molecular weight is 298 g/mol. The number of rotatable bonds is 0. The molecule has 1 heterocycles. The standard InChI is InChI=1S/C21H14S/c1-2-7-16-13-21-17(11-15(16)6-1)12-19-18-8-4-3-5-14(18)9-10-20(19)22-21/h1-11,13H,12H2. The second-order valence-electron chi connectivity index (χ2n) is 5.85. The highest BCUT2D eigenvalue weighted by atomic mass is 32.2. The van der Waals surface area contributed by atoms with Gasteiger partial charge in [0.25, 0.3) is 0 Å². The van der Waals surface area contributed by atoms with E-state index in [0.29, 0.717) is 0 Å². The number of fused-ring (bicyclic) bond motifs is 5. The zero-order valence-electron chi connectivity index (χ0n) is 12.0. The van der Waals surface area contributed by atoms with Crippen LogP contribution in [0.3, 0.4) is 0 Å². The van der Waals surface area contributed by atoms with Gasteiger partial charge in [-0.15, -0.1) is 0 Å².